The summed E-state index contributed by atoms with van der Waals surface area (Å²) >= 11 is 6.23. The van der Waals surface area contributed by atoms with Crippen molar-refractivity contribution in [2.75, 3.05) is 12.4 Å². The first-order chi connectivity index (χ1) is 18.6. The minimum absolute atomic E-state index is 0.0596. The maximum Gasteiger partial charge on any atom is 0.259 e. The zero-order valence-corrected chi connectivity index (χ0v) is 23.0. The first-order valence-corrected chi connectivity index (χ1v) is 13.0. The van der Waals surface area contributed by atoms with Crippen molar-refractivity contribution >= 4 is 45.0 Å². The number of anilines is 1. The highest BCUT2D eigenvalue weighted by molar-refractivity contribution is 6.29. The zero-order valence-electron chi connectivity index (χ0n) is 22.3. The van der Waals surface area contributed by atoms with Crippen LogP contribution in [0.5, 0.6) is 0 Å². The third-order valence-corrected chi connectivity index (χ3v) is 7.17. The van der Waals surface area contributed by atoms with E-state index in [1.807, 2.05) is 31.5 Å². The van der Waals surface area contributed by atoms with E-state index in [0.717, 1.165) is 27.5 Å². The number of hydrogen-bond donors (Lipinski definition) is 2. The van der Waals surface area contributed by atoms with Gasteiger partial charge in [-0.15, -0.1) is 0 Å². The van der Waals surface area contributed by atoms with Crippen LogP contribution in [-0.4, -0.2) is 32.3 Å². The van der Waals surface area contributed by atoms with Gasteiger partial charge in [0.2, 0.25) is 0 Å². The summed E-state index contributed by atoms with van der Waals surface area (Å²) in [4.78, 5) is 29.8. The maximum atomic E-state index is 14.8. The smallest absolute Gasteiger partial charge is 0.259 e. The number of carbonyl (C=O) groups is 1. The number of aromatic nitrogens is 4. The number of amides is 1. The van der Waals surface area contributed by atoms with Gasteiger partial charge in [-0.1, -0.05) is 23.7 Å². The zero-order chi connectivity index (χ0) is 28.0. The van der Waals surface area contributed by atoms with Crippen LogP contribution in [0.25, 0.3) is 33.1 Å². The van der Waals surface area contributed by atoms with Gasteiger partial charge in [-0.05, 0) is 62.2 Å². The number of carbonyl (C=O) groups excluding carboxylic acids is 1. The standard InChI is InChI=1S/C29H28ClFN6O2/c1-6-37-28-21(14-33-37)25-19(11-15(2)12-20(25)29(39)36(28)5)16(3)34-23-9-10-24(30)35-26(23)17-7-8-18(22(31)13-17)27(38)32-4/h7-14,16,34H,6H2,1-5H3,(H,32,38). The van der Waals surface area contributed by atoms with E-state index >= 15 is 0 Å². The Hall–Kier alpha value is -4.24. The Morgan fingerprint density at radius 1 is 1.15 bits per heavy atom. The van der Waals surface area contributed by atoms with Crippen LogP contribution in [0.3, 0.4) is 0 Å². The van der Waals surface area contributed by atoms with Crippen molar-refractivity contribution in [3.05, 3.63) is 86.7 Å². The van der Waals surface area contributed by atoms with Gasteiger partial charge >= 0.3 is 0 Å². The molecule has 1 atom stereocenters. The second kappa shape index (κ2) is 10.1. The predicted molar refractivity (Wildman–Crippen MR) is 153 cm³/mol. The summed E-state index contributed by atoms with van der Waals surface area (Å²) in [5.41, 5.74) is 4.00. The predicted octanol–water partition coefficient (Wildman–Crippen LogP) is 5.60. The molecule has 39 heavy (non-hydrogen) atoms. The summed E-state index contributed by atoms with van der Waals surface area (Å²) in [5.74, 6) is -1.18. The third kappa shape index (κ3) is 4.52. The SMILES string of the molecule is CCn1ncc2c3c(C(C)Nc4ccc(Cl)nc4-c4ccc(C(=O)NC)c(F)c4)cc(C)cc3c(=O)n(C)c21. The van der Waals surface area contributed by atoms with Gasteiger partial charge in [0.1, 0.15) is 16.6 Å². The molecule has 0 radical (unpaired) electrons. The van der Waals surface area contributed by atoms with E-state index in [1.54, 1.807) is 36.0 Å². The number of benzene rings is 2. The lowest BCUT2D eigenvalue weighted by atomic mass is 9.95. The van der Waals surface area contributed by atoms with Gasteiger partial charge in [0.25, 0.3) is 11.5 Å². The van der Waals surface area contributed by atoms with Crippen LogP contribution in [0, 0.1) is 12.7 Å². The lowest BCUT2D eigenvalue weighted by Crippen LogP contribution is -2.20. The van der Waals surface area contributed by atoms with E-state index in [0.29, 0.717) is 28.9 Å². The molecule has 200 valence electrons. The Kier molecular flexibility index (Phi) is 6.86. The number of pyridine rings is 2. The van der Waals surface area contributed by atoms with E-state index in [4.69, 9.17) is 11.6 Å². The molecule has 1 amide bonds. The number of aryl methyl sites for hydroxylation is 3. The molecule has 5 aromatic rings. The summed E-state index contributed by atoms with van der Waals surface area (Å²) in [6.07, 6.45) is 1.80. The molecular formula is C29H28ClFN6O2. The molecular weight excluding hydrogens is 519 g/mol. The lowest BCUT2D eigenvalue weighted by Gasteiger charge is -2.21. The van der Waals surface area contributed by atoms with Gasteiger partial charge in [-0.3, -0.25) is 14.2 Å². The topological polar surface area (TPSA) is 93.8 Å². The normalized spacial score (nSPS) is 12.2. The van der Waals surface area contributed by atoms with Gasteiger partial charge in [-0.25, -0.2) is 14.1 Å². The first kappa shape index (κ1) is 26.4. The molecule has 8 nitrogen and oxygen atoms in total. The number of nitrogens with zero attached hydrogens (tertiary/aromatic N) is 4. The van der Waals surface area contributed by atoms with E-state index in [-0.39, 0.29) is 22.3 Å². The highest BCUT2D eigenvalue weighted by Gasteiger charge is 2.21. The summed E-state index contributed by atoms with van der Waals surface area (Å²) in [7, 11) is 3.21. The minimum Gasteiger partial charge on any atom is -0.377 e. The Labute approximate surface area is 229 Å². The van der Waals surface area contributed by atoms with Crippen molar-refractivity contribution < 1.29 is 9.18 Å². The molecule has 3 aromatic heterocycles. The molecule has 5 rings (SSSR count). The molecule has 0 fully saturated rings. The van der Waals surface area contributed by atoms with E-state index in [9.17, 15) is 14.0 Å². The van der Waals surface area contributed by atoms with Crippen LogP contribution in [-0.2, 0) is 13.6 Å². The van der Waals surface area contributed by atoms with E-state index in [1.165, 1.54) is 19.2 Å². The fourth-order valence-corrected chi connectivity index (χ4v) is 5.25. The average Bonchev–Trinajstić information content (AvgIpc) is 3.36. The van der Waals surface area contributed by atoms with Crippen molar-refractivity contribution in [3.8, 4) is 11.3 Å². The number of rotatable bonds is 6. The molecule has 0 aliphatic heterocycles. The molecule has 2 N–H and O–H groups in total. The van der Waals surface area contributed by atoms with Crippen molar-refractivity contribution in [1.82, 2.24) is 24.6 Å². The van der Waals surface area contributed by atoms with E-state index < -0.39 is 11.7 Å². The minimum atomic E-state index is -0.663. The maximum absolute atomic E-state index is 14.8. The number of fused-ring (bicyclic) bond motifs is 3. The lowest BCUT2D eigenvalue weighted by molar-refractivity contribution is 0.0959. The molecule has 10 heteroatoms. The van der Waals surface area contributed by atoms with Crippen molar-refractivity contribution in [1.29, 1.82) is 0 Å². The van der Waals surface area contributed by atoms with E-state index in [2.05, 4.69) is 26.8 Å². The summed E-state index contributed by atoms with van der Waals surface area (Å²) in [5, 5.41) is 13.0. The quantitative estimate of drug-likeness (QED) is 0.270. The molecule has 0 saturated heterocycles. The van der Waals surface area contributed by atoms with Crippen LogP contribution in [0.4, 0.5) is 10.1 Å². The molecule has 0 bridgehead atoms. The fourth-order valence-electron chi connectivity index (χ4n) is 5.11. The monoisotopic (exact) mass is 546 g/mol. The first-order valence-electron chi connectivity index (χ1n) is 12.6. The Bertz CT molecular complexity index is 1830. The Morgan fingerprint density at radius 2 is 1.92 bits per heavy atom. The Morgan fingerprint density at radius 3 is 2.62 bits per heavy atom. The molecule has 0 saturated carbocycles. The van der Waals surface area contributed by atoms with Gasteiger partial charge in [0.15, 0.2) is 0 Å². The van der Waals surface area contributed by atoms with Crippen molar-refractivity contribution in [2.45, 2.75) is 33.4 Å². The van der Waals surface area contributed by atoms with Crippen LogP contribution in [0.1, 0.15) is 41.4 Å². The molecule has 0 aliphatic rings. The summed E-state index contributed by atoms with van der Waals surface area (Å²) in [6, 6.07) is 11.5. The molecule has 3 heterocycles. The molecule has 2 aromatic carbocycles. The van der Waals surface area contributed by atoms with Crippen LogP contribution >= 0.6 is 11.6 Å². The van der Waals surface area contributed by atoms with Crippen molar-refractivity contribution in [2.24, 2.45) is 7.05 Å². The Balaban J connectivity index is 1.65. The number of hydrogen-bond acceptors (Lipinski definition) is 5. The summed E-state index contributed by atoms with van der Waals surface area (Å²) < 4.78 is 18.3. The van der Waals surface area contributed by atoms with Crippen LogP contribution in [0.15, 0.2) is 53.5 Å². The number of halogens is 2. The second-order valence-corrected chi connectivity index (χ2v) is 9.90. The largest absolute Gasteiger partial charge is 0.377 e. The van der Waals surface area contributed by atoms with Gasteiger partial charge in [-0.2, -0.15) is 5.10 Å². The van der Waals surface area contributed by atoms with Gasteiger partial charge in [0, 0.05) is 48.4 Å². The highest BCUT2D eigenvalue weighted by atomic mass is 35.5. The van der Waals surface area contributed by atoms with Crippen LogP contribution < -0.4 is 16.2 Å². The second-order valence-electron chi connectivity index (χ2n) is 9.51. The average molecular weight is 547 g/mol. The van der Waals surface area contributed by atoms with Gasteiger partial charge < -0.3 is 10.6 Å². The summed E-state index contributed by atoms with van der Waals surface area (Å²) in [6.45, 7) is 6.57. The molecule has 1 unspecified atom stereocenters. The van der Waals surface area contributed by atoms with Gasteiger partial charge in [0.05, 0.1) is 23.1 Å². The van der Waals surface area contributed by atoms with Crippen LogP contribution in [0.2, 0.25) is 5.15 Å². The third-order valence-electron chi connectivity index (χ3n) is 6.96. The highest BCUT2D eigenvalue weighted by Crippen LogP contribution is 2.35. The number of nitrogens with one attached hydrogen (secondary N) is 2. The van der Waals surface area contributed by atoms with Crippen molar-refractivity contribution in [3.63, 3.8) is 0 Å². The molecule has 0 aliphatic carbocycles. The molecule has 0 spiro atoms. The fraction of sp³-hybridized carbons (Fsp3) is 0.241.